The molecule has 0 rings (SSSR count). The summed E-state index contributed by atoms with van der Waals surface area (Å²) in [6.07, 6.45) is 0. The van der Waals surface area contributed by atoms with Gasteiger partial charge in [-0.3, -0.25) is 9.15 Å². The minimum Gasteiger partial charge on any atom is -0.267 e. The molecule has 0 N–H and O–H groups in total. The smallest absolute Gasteiger partial charge is 0.229 e. The van der Waals surface area contributed by atoms with Crippen LogP contribution in [0.5, 0.6) is 0 Å². The number of hydrogen-bond acceptors (Lipinski definition) is 3. The predicted molar refractivity (Wildman–Crippen MR) is 31.9 cm³/mol. The lowest BCUT2D eigenvalue weighted by Gasteiger charge is -1.87. The van der Waals surface area contributed by atoms with Crippen LogP contribution in [0.1, 0.15) is 0 Å². The normalized spacial score (nSPS) is 6.00. The van der Waals surface area contributed by atoms with Gasteiger partial charge in [0.2, 0.25) is 21.0 Å². The van der Waals surface area contributed by atoms with Crippen LogP contribution in [0.15, 0.2) is 0 Å². The molecule has 0 aromatic carbocycles. The van der Waals surface area contributed by atoms with E-state index in [2.05, 4.69) is 14.2 Å². The summed E-state index contributed by atoms with van der Waals surface area (Å²) in [5.41, 5.74) is 0. The molecule has 0 atom stereocenters. The summed E-state index contributed by atoms with van der Waals surface area (Å²) in [7, 11) is 2.41. The summed E-state index contributed by atoms with van der Waals surface area (Å²) in [4.78, 5) is 0. The van der Waals surface area contributed by atoms with Gasteiger partial charge in [-0.25, -0.2) is 0 Å². The quantitative estimate of drug-likeness (QED) is 0.249. The Hall–Kier alpha value is 1.38. The fourth-order valence-corrected chi connectivity index (χ4v) is 0.306. The second-order valence-corrected chi connectivity index (χ2v) is 0.775. The van der Waals surface area contributed by atoms with E-state index in [9.17, 15) is 0 Å². The van der Waals surface area contributed by atoms with Gasteiger partial charge in [-0.2, -0.15) is 0 Å². The molecule has 8 radical (unpaired) electrons. The van der Waals surface area contributed by atoms with Gasteiger partial charge in [-0.1, -0.05) is 5.04 Å². The molecule has 0 spiro atoms. The topological polar surface area (TPSA) is 27.7 Å². The third-order valence-electron chi connectivity index (χ3n) is 0.0962. The van der Waals surface area contributed by atoms with Gasteiger partial charge in [0, 0.05) is 34.7 Å². The van der Waals surface area contributed by atoms with Gasteiger partial charge in [-0.15, -0.1) is 0 Å². The molecule has 36 valence electrons. The lowest BCUT2D eigenvalue weighted by molar-refractivity contribution is -0.412. The lowest BCUT2D eigenvalue weighted by atomic mass is 14.5. The molecule has 0 aliphatic rings. The van der Waals surface area contributed by atoms with E-state index in [1.165, 1.54) is 21.0 Å². The van der Waals surface area contributed by atoms with Crippen LogP contribution in [0.4, 0.5) is 0 Å². The van der Waals surface area contributed by atoms with E-state index < -0.39 is 0 Å². The number of rotatable bonds is 2. The van der Waals surface area contributed by atoms with Crippen LogP contribution in [0.3, 0.4) is 0 Å². The van der Waals surface area contributed by atoms with E-state index in [0.29, 0.717) is 0 Å². The van der Waals surface area contributed by atoms with Gasteiger partial charge in [0.05, 0.1) is 0 Å². The fourth-order valence-electron chi connectivity index (χ4n) is 0.0340. The SMILES string of the molecule is [Al].[Al].[SiH2]OOO[SiH2]. The zero-order valence-electron chi connectivity index (χ0n) is 3.79. The predicted octanol–water partition coefficient (Wildman–Crippen LogP) is -2.80. The molecule has 0 fully saturated rings. The average Bonchev–Trinajstić information content (AvgIpc) is 1.41. The molecule has 0 aliphatic heterocycles. The largest absolute Gasteiger partial charge is 0.267 e. The van der Waals surface area contributed by atoms with E-state index >= 15 is 0 Å². The summed E-state index contributed by atoms with van der Waals surface area (Å²) in [5, 5.41) is 3.86. The van der Waals surface area contributed by atoms with Gasteiger partial charge in [0.25, 0.3) is 0 Å². The maximum absolute atomic E-state index is 4.00. The van der Waals surface area contributed by atoms with Crippen LogP contribution in [0.2, 0.25) is 0 Å². The summed E-state index contributed by atoms with van der Waals surface area (Å²) >= 11 is 0. The van der Waals surface area contributed by atoms with Crippen LogP contribution in [-0.2, 0) is 14.2 Å². The Morgan fingerprint density at radius 3 is 1.14 bits per heavy atom. The van der Waals surface area contributed by atoms with E-state index in [1.807, 2.05) is 0 Å². The molecule has 0 aromatic heterocycles. The Balaban J connectivity index is -0.0000000800. The second kappa shape index (κ2) is 15.7. The fraction of sp³-hybridized carbons (Fsp3) is 0. The lowest BCUT2D eigenvalue weighted by Crippen LogP contribution is -1.86. The van der Waals surface area contributed by atoms with Gasteiger partial charge in [-0.05, 0) is 0 Å². The Morgan fingerprint density at radius 2 is 1.14 bits per heavy atom. The van der Waals surface area contributed by atoms with Crippen molar-refractivity contribution in [3.05, 3.63) is 0 Å². The summed E-state index contributed by atoms with van der Waals surface area (Å²) in [6.45, 7) is 0. The van der Waals surface area contributed by atoms with Gasteiger partial charge < -0.3 is 0 Å². The zero-order valence-corrected chi connectivity index (χ0v) is 8.93. The molecule has 0 saturated heterocycles. The Labute approximate surface area is 69.9 Å². The molecule has 0 aromatic rings. The summed E-state index contributed by atoms with van der Waals surface area (Å²) < 4.78 is 8.01. The standard InChI is InChI=1S/2Al.H4O3Si2/c;;4-2-1-3-5/h;;4-5H2. The van der Waals surface area contributed by atoms with Gasteiger partial charge in [0.1, 0.15) is 0 Å². The van der Waals surface area contributed by atoms with Crippen molar-refractivity contribution in [2.75, 3.05) is 0 Å². The molecule has 0 unspecified atom stereocenters. The van der Waals surface area contributed by atoms with Crippen molar-refractivity contribution in [2.45, 2.75) is 0 Å². The van der Waals surface area contributed by atoms with E-state index in [4.69, 9.17) is 0 Å². The van der Waals surface area contributed by atoms with E-state index in [1.54, 1.807) is 0 Å². The van der Waals surface area contributed by atoms with Crippen molar-refractivity contribution in [1.29, 1.82) is 0 Å². The molecular formula is H4Al2O3Si2. The summed E-state index contributed by atoms with van der Waals surface area (Å²) in [6, 6.07) is 0. The third-order valence-corrected chi connectivity index (χ3v) is 0.289. The first-order chi connectivity index (χ1) is 2.41. The van der Waals surface area contributed by atoms with Crippen molar-refractivity contribution in [1.82, 2.24) is 0 Å². The monoisotopic (exact) mass is 162 g/mol. The van der Waals surface area contributed by atoms with Crippen LogP contribution < -0.4 is 0 Å². The molecule has 0 saturated carbocycles. The van der Waals surface area contributed by atoms with Crippen LogP contribution in [0.25, 0.3) is 0 Å². The van der Waals surface area contributed by atoms with Crippen molar-refractivity contribution < 1.29 is 14.2 Å². The highest BCUT2D eigenvalue weighted by molar-refractivity contribution is 5.98. The molecule has 0 heterocycles. The minimum atomic E-state index is 0. The van der Waals surface area contributed by atoms with E-state index in [0.717, 1.165) is 0 Å². The van der Waals surface area contributed by atoms with Crippen molar-refractivity contribution in [3.63, 3.8) is 0 Å². The highest BCUT2D eigenvalue weighted by Gasteiger charge is 1.62. The zero-order chi connectivity index (χ0) is 4.12. The molecule has 7 heteroatoms. The van der Waals surface area contributed by atoms with Crippen molar-refractivity contribution >= 4 is 55.7 Å². The molecule has 3 nitrogen and oxygen atoms in total. The first kappa shape index (κ1) is 15.8. The molecular weight excluding hydrogens is 158 g/mol. The molecule has 0 amide bonds. The Bertz CT molecular complexity index is 18.4. The van der Waals surface area contributed by atoms with Crippen LogP contribution in [0, 0.1) is 0 Å². The minimum absolute atomic E-state index is 0. The van der Waals surface area contributed by atoms with Gasteiger partial charge in [0.15, 0.2) is 0 Å². The first-order valence-corrected chi connectivity index (χ1v) is 2.07. The highest BCUT2D eigenvalue weighted by atomic mass is 28.2. The van der Waals surface area contributed by atoms with Crippen molar-refractivity contribution in [3.8, 4) is 0 Å². The van der Waals surface area contributed by atoms with Crippen LogP contribution in [-0.4, -0.2) is 55.7 Å². The number of hydrogen-bond donors (Lipinski definition) is 0. The Morgan fingerprint density at radius 1 is 0.857 bits per heavy atom. The molecule has 7 heavy (non-hydrogen) atoms. The highest BCUT2D eigenvalue weighted by Crippen LogP contribution is 1.62. The summed E-state index contributed by atoms with van der Waals surface area (Å²) in [5.74, 6) is 0. The van der Waals surface area contributed by atoms with E-state index in [-0.39, 0.29) is 34.7 Å². The molecule has 0 aliphatic carbocycles. The second-order valence-electron chi connectivity index (χ2n) is 0.304. The third kappa shape index (κ3) is 18.7. The van der Waals surface area contributed by atoms with Gasteiger partial charge >= 0.3 is 0 Å². The van der Waals surface area contributed by atoms with Crippen molar-refractivity contribution in [2.24, 2.45) is 0 Å². The maximum atomic E-state index is 4.00. The average molecular weight is 162 g/mol. The van der Waals surface area contributed by atoms with Crippen LogP contribution >= 0.6 is 0 Å². The first-order valence-electron chi connectivity index (χ1n) is 0.911. The Kier molecular flexibility index (Phi) is 35.3. The molecule has 0 bridgehead atoms. The maximum Gasteiger partial charge on any atom is 0.229 e.